The number of rotatable bonds is 3. The molecule has 1 aliphatic rings. The van der Waals surface area contributed by atoms with Gasteiger partial charge in [-0.1, -0.05) is 0 Å². The maximum absolute atomic E-state index is 12.4. The molecule has 6 nitrogen and oxygen atoms in total. The number of β-amino-alcohol motifs (C(OH)–C–C–N with tert-alkyl or cyclic N) is 1. The molecule has 0 spiro atoms. The third-order valence-electron chi connectivity index (χ3n) is 3.23. The number of aromatic nitrogens is 1. The lowest BCUT2D eigenvalue weighted by molar-refractivity contribution is 0.0693. The second kappa shape index (κ2) is 5.54. The molecule has 0 aliphatic carbocycles. The van der Waals surface area contributed by atoms with Crippen molar-refractivity contribution < 1.29 is 9.90 Å². The topological polar surface area (TPSA) is 82.7 Å². The minimum absolute atomic E-state index is 0.0146. The molecule has 1 fully saturated rings. The van der Waals surface area contributed by atoms with Gasteiger partial charge in [0.25, 0.3) is 5.91 Å². The van der Waals surface area contributed by atoms with E-state index in [1.54, 1.807) is 17.0 Å². The fraction of sp³-hybridized carbons (Fsp3) is 0.538. The van der Waals surface area contributed by atoms with Crippen LogP contribution in [0.2, 0.25) is 0 Å². The molecule has 0 aromatic carbocycles. The number of hydrogen-bond acceptors (Lipinski definition) is 5. The average Bonchev–Trinajstić information content (AvgIpc) is 2.68. The van der Waals surface area contributed by atoms with Gasteiger partial charge in [0.2, 0.25) is 0 Å². The van der Waals surface area contributed by atoms with Crippen LogP contribution in [-0.4, -0.2) is 65.1 Å². The summed E-state index contributed by atoms with van der Waals surface area (Å²) >= 11 is 0. The molecule has 1 aliphatic heterocycles. The van der Waals surface area contributed by atoms with Crippen molar-refractivity contribution in [1.82, 2.24) is 14.8 Å². The Labute approximate surface area is 112 Å². The number of aliphatic hydroxyl groups excluding tert-OH is 1. The van der Waals surface area contributed by atoms with Crippen molar-refractivity contribution in [3.63, 3.8) is 0 Å². The van der Waals surface area contributed by atoms with Crippen LogP contribution in [0.15, 0.2) is 18.3 Å². The molecule has 104 valence electrons. The van der Waals surface area contributed by atoms with Gasteiger partial charge in [-0.15, -0.1) is 0 Å². The number of likely N-dealkylation sites (tertiary alicyclic amines) is 1. The van der Waals surface area contributed by atoms with Gasteiger partial charge in [0, 0.05) is 31.0 Å². The maximum Gasteiger partial charge on any atom is 0.272 e. The highest BCUT2D eigenvalue weighted by Gasteiger charge is 2.35. The van der Waals surface area contributed by atoms with Crippen molar-refractivity contribution in [2.24, 2.45) is 0 Å². The van der Waals surface area contributed by atoms with Crippen molar-refractivity contribution in [3.8, 4) is 0 Å². The largest absolute Gasteiger partial charge is 0.399 e. The number of pyridine rings is 1. The van der Waals surface area contributed by atoms with E-state index in [0.717, 1.165) is 6.54 Å². The smallest absolute Gasteiger partial charge is 0.272 e. The number of amides is 1. The summed E-state index contributed by atoms with van der Waals surface area (Å²) in [6.07, 6.45) is 1.66. The van der Waals surface area contributed by atoms with Crippen LogP contribution < -0.4 is 5.73 Å². The van der Waals surface area contributed by atoms with E-state index in [0.29, 0.717) is 24.3 Å². The summed E-state index contributed by atoms with van der Waals surface area (Å²) in [7, 11) is 3.90. The van der Waals surface area contributed by atoms with Crippen LogP contribution in [-0.2, 0) is 0 Å². The highest BCUT2D eigenvalue weighted by molar-refractivity contribution is 5.93. The first-order chi connectivity index (χ1) is 8.97. The Morgan fingerprint density at radius 3 is 3.00 bits per heavy atom. The lowest BCUT2D eigenvalue weighted by Crippen LogP contribution is -2.41. The number of nitrogens with zero attached hydrogens (tertiary/aromatic N) is 3. The van der Waals surface area contributed by atoms with Crippen LogP contribution in [0.1, 0.15) is 16.9 Å². The standard InChI is InChI=1S/C13H20N4O2/c1-16(2)7-10-6-11(18)8-17(10)13(19)12-5-9(14)3-4-15-12/h3-5,10-11,18H,6-8H2,1-2H3,(H2,14,15). The lowest BCUT2D eigenvalue weighted by atomic mass is 10.2. The first kappa shape index (κ1) is 13.8. The number of carbonyl (C=O) groups excluding carboxylic acids is 1. The highest BCUT2D eigenvalue weighted by atomic mass is 16.3. The van der Waals surface area contributed by atoms with Crippen LogP contribution in [0.3, 0.4) is 0 Å². The number of nitrogen functional groups attached to an aromatic ring is 1. The van der Waals surface area contributed by atoms with E-state index >= 15 is 0 Å². The van der Waals surface area contributed by atoms with Gasteiger partial charge in [0.05, 0.1) is 6.10 Å². The summed E-state index contributed by atoms with van der Waals surface area (Å²) in [6, 6.07) is 3.23. The predicted octanol–water partition coefficient (Wildman–Crippen LogP) is -0.199. The Hall–Kier alpha value is -1.66. The highest BCUT2D eigenvalue weighted by Crippen LogP contribution is 2.21. The fourth-order valence-corrected chi connectivity index (χ4v) is 2.45. The molecule has 0 radical (unpaired) electrons. The van der Waals surface area contributed by atoms with Gasteiger partial charge in [-0.2, -0.15) is 0 Å². The van der Waals surface area contributed by atoms with Crippen molar-refractivity contribution in [2.45, 2.75) is 18.6 Å². The number of likely N-dealkylation sites (N-methyl/N-ethyl adjacent to an activating group) is 1. The molecule has 2 unspecified atom stereocenters. The Balaban J connectivity index is 2.17. The fourth-order valence-electron chi connectivity index (χ4n) is 2.45. The number of nitrogens with two attached hydrogens (primary N) is 1. The third kappa shape index (κ3) is 3.21. The van der Waals surface area contributed by atoms with Crippen LogP contribution in [0.25, 0.3) is 0 Å². The molecule has 1 aromatic heterocycles. The summed E-state index contributed by atoms with van der Waals surface area (Å²) in [6.45, 7) is 1.08. The Kier molecular flexibility index (Phi) is 4.01. The number of anilines is 1. The Morgan fingerprint density at radius 2 is 2.37 bits per heavy atom. The number of hydrogen-bond donors (Lipinski definition) is 2. The van der Waals surface area contributed by atoms with Crippen LogP contribution in [0, 0.1) is 0 Å². The van der Waals surface area contributed by atoms with Gasteiger partial charge in [-0.3, -0.25) is 9.78 Å². The van der Waals surface area contributed by atoms with Crippen molar-refractivity contribution in [2.75, 3.05) is 32.9 Å². The van der Waals surface area contributed by atoms with E-state index in [1.165, 1.54) is 6.20 Å². The molecule has 1 saturated heterocycles. The van der Waals surface area contributed by atoms with Crippen LogP contribution in [0.5, 0.6) is 0 Å². The first-order valence-corrected chi connectivity index (χ1v) is 6.32. The zero-order chi connectivity index (χ0) is 14.0. The quantitative estimate of drug-likeness (QED) is 0.790. The lowest BCUT2D eigenvalue weighted by Gasteiger charge is -2.26. The minimum Gasteiger partial charge on any atom is -0.399 e. The number of carbonyl (C=O) groups is 1. The van der Waals surface area contributed by atoms with Gasteiger partial charge in [-0.25, -0.2) is 0 Å². The van der Waals surface area contributed by atoms with E-state index in [1.807, 2.05) is 19.0 Å². The molecular weight excluding hydrogens is 244 g/mol. The predicted molar refractivity (Wildman–Crippen MR) is 72.7 cm³/mol. The molecule has 2 atom stereocenters. The summed E-state index contributed by atoms with van der Waals surface area (Å²) in [5.41, 5.74) is 6.52. The molecule has 2 heterocycles. The summed E-state index contributed by atoms with van der Waals surface area (Å²) in [4.78, 5) is 20.2. The Morgan fingerprint density at radius 1 is 1.63 bits per heavy atom. The molecule has 0 bridgehead atoms. The van der Waals surface area contributed by atoms with E-state index in [-0.39, 0.29) is 11.9 Å². The second-order valence-corrected chi connectivity index (χ2v) is 5.24. The zero-order valence-electron chi connectivity index (χ0n) is 11.3. The van der Waals surface area contributed by atoms with Crippen LogP contribution in [0.4, 0.5) is 5.69 Å². The minimum atomic E-state index is -0.463. The van der Waals surface area contributed by atoms with Crippen molar-refractivity contribution in [1.29, 1.82) is 0 Å². The average molecular weight is 264 g/mol. The molecule has 2 rings (SSSR count). The first-order valence-electron chi connectivity index (χ1n) is 6.32. The van der Waals surface area contributed by atoms with Gasteiger partial charge in [0.1, 0.15) is 5.69 Å². The molecule has 3 N–H and O–H groups in total. The molecule has 6 heteroatoms. The third-order valence-corrected chi connectivity index (χ3v) is 3.23. The van der Waals surface area contributed by atoms with E-state index in [2.05, 4.69) is 4.98 Å². The van der Waals surface area contributed by atoms with Crippen LogP contribution >= 0.6 is 0 Å². The molecule has 1 aromatic rings. The van der Waals surface area contributed by atoms with Crippen molar-refractivity contribution in [3.05, 3.63) is 24.0 Å². The van der Waals surface area contributed by atoms with Gasteiger partial charge < -0.3 is 20.6 Å². The van der Waals surface area contributed by atoms with Gasteiger partial charge in [0.15, 0.2) is 0 Å². The zero-order valence-corrected chi connectivity index (χ0v) is 11.3. The van der Waals surface area contributed by atoms with E-state index in [4.69, 9.17) is 5.73 Å². The summed E-state index contributed by atoms with van der Waals surface area (Å²) in [5, 5.41) is 9.78. The molecule has 0 saturated carbocycles. The van der Waals surface area contributed by atoms with E-state index < -0.39 is 6.10 Å². The summed E-state index contributed by atoms with van der Waals surface area (Å²) < 4.78 is 0. The van der Waals surface area contributed by atoms with Crippen molar-refractivity contribution >= 4 is 11.6 Å². The Bertz CT molecular complexity index is 464. The van der Waals surface area contributed by atoms with E-state index in [9.17, 15) is 9.90 Å². The summed E-state index contributed by atoms with van der Waals surface area (Å²) in [5.74, 6) is -0.171. The second-order valence-electron chi connectivity index (χ2n) is 5.24. The molecular formula is C13H20N4O2. The maximum atomic E-state index is 12.4. The monoisotopic (exact) mass is 264 g/mol. The van der Waals surface area contributed by atoms with Gasteiger partial charge in [-0.05, 0) is 32.6 Å². The van der Waals surface area contributed by atoms with Gasteiger partial charge >= 0.3 is 0 Å². The SMILES string of the molecule is CN(C)CC1CC(O)CN1C(=O)c1cc(N)ccn1. The normalized spacial score (nSPS) is 23.1. The number of aliphatic hydroxyl groups is 1. The molecule has 19 heavy (non-hydrogen) atoms. The molecule has 1 amide bonds.